The van der Waals surface area contributed by atoms with E-state index in [9.17, 15) is 12.8 Å². The van der Waals surface area contributed by atoms with Crippen LogP contribution in [0.3, 0.4) is 0 Å². The van der Waals surface area contributed by atoms with Crippen molar-refractivity contribution in [1.82, 2.24) is 25.3 Å². The lowest BCUT2D eigenvalue weighted by molar-refractivity contribution is 0.385. The average molecular weight is 287 g/mol. The van der Waals surface area contributed by atoms with E-state index in [0.29, 0.717) is 0 Å². The molecule has 0 atom stereocenters. The molecule has 0 unspecified atom stereocenters. The molecule has 0 bridgehead atoms. The molecule has 102 valence electrons. The van der Waals surface area contributed by atoms with Gasteiger partial charge in [0.1, 0.15) is 0 Å². The number of aromatic nitrogens is 4. The van der Waals surface area contributed by atoms with Crippen molar-refractivity contribution < 1.29 is 17.5 Å². The zero-order chi connectivity index (χ0) is 13.9. The molecule has 0 saturated carbocycles. The predicted octanol–water partition coefficient (Wildman–Crippen LogP) is -0.174. The number of H-pyrrole nitrogens is 1. The minimum Gasteiger partial charge on any atom is -0.494 e. The summed E-state index contributed by atoms with van der Waals surface area (Å²) < 4.78 is 44.1. The van der Waals surface area contributed by atoms with Crippen LogP contribution in [-0.2, 0) is 16.6 Å². The van der Waals surface area contributed by atoms with E-state index in [2.05, 4.69) is 25.3 Å². The van der Waals surface area contributed by atoms with E-state index in [1.807, 2.05) is 0 Å². The van der Waals surface area contributed by atoms with Crippen molar-refractivity contribution in [3.8, 4) is 5.75 Å². The van der Waals surface area contributed by atoms with E-state index in [4.69, 9.17) is 4.74 Å². The molecule has 0 aliphatic carbocycles. The van der Waals surface area contributed by atoms with Gasteiger partial charge in [-0.2, -0.15) is 5.21 Å². The van der Waals surface area contributed by atoms with Crippen LogP contribution in [0.5, 0.6) is 5.75 Å². The number of hydrogen-bond donors (Lipinski definition) is 2. The standard InChI is InChI=1S/C9H10FN5O3S/c1-18-8-3-2-6(4-7(8)10)19(16,17)11-5-9-12-14-15-13-9/h2-4,11H,5H2,1H3,(H,12,13,14,15). The SMILES string of the molecule is COc1ccc(S(=O)(=O)NCc2nn[nH]n2)cc1F. The molecule has 1 heterocycles. The third-order valence-electron chi connectivity index (χ3n) is 2.24. The van der Waals surface area contributed by atoms with Crippen molar-refractivity contribution in [2.24, 2.45) is 0 Å². The number of nitrogens with one attached hydrogen (secondary N) is 2. The normalized spacial score (nSPS) is 11.5. The minimum absolute atomic E-state index is 0.0304. The van der Waals surface area contributed by atoms with E-state index < -0.39 is 15.8 Å². The number of nitrogens with zero attached hydrogens (tertiary/aromatic N) is 3. The fraction of sp³-hybridized carbons (Fsp3) is 0.222. The molecule has 10 heteroatoms. The van der Waals surface area contributed by atoms with Crippen molar-refractivity contribution in [3.63, 3.8) is 0 Å². The van der Waals surface area contributed by atoms with E-state index in [-0.39, 0.29) is 23.0 Å². The number of ether oxygens (including phenoxy) is 1. The first-order valence-electron chi connectivity index (χ1n) is 5.08. The smallest absolute Gasteiger partial charge is 0.241 e. The molecule has 0 aliphatic heterocycles. The van der Waals surface area contributed by atoms with E-state index in [0.717, 1.165) is 6.07 Å². The van der Waals surface area contributed by atoms with Gasteiger partial charge in [0.25, 0.3) is 0 Å². The van der Waals surface area contributed by atoms with Crippen LogP contribution in [0.1, 0.15) is 5.82 Å². The summed E-state index contributed by atoms with van der Waals surface area (Å²) in [4.78, 5) is -0.214. The van der Waals surface area contributed by atoms with Crippen LogP contribution in [0, 0.1) is 5.82 Å². The summed E-state index contributed by atoms with van der Waals surface area (Å²) in [6, 6.07) is 3.34. The molecule has 0 fully saturated rings. The van der Waals surface area contributed by atoms with Crippen molar-refractivity contribution in [2.45, 2.75) is 11.4 Å². The predicted molar refractivity (Wildman–Crippen MR) is 61.2 cm³/mol. The second kappa shape index (κ2) is 5.28. The summed E-state index contributed by atoms with van der Waals surface area (Å²) in [5, 5.41) is 12.7. The Kier molecular flexibility index (Phi) is 3.71. The van der Waals surface area contributed by atoms with Gasteiger partial charge in [-0.3, -0.25) is 0 Å². The molecular formula is C9H10FN5O3S. The number of benzene rings is 1. The molecule has 2 aromatic rings. The molecule has 0 saturated heterocycles. The maximum atomic E-state index is 13.4. The third-order valence-corrected chi connectivity index (χ3v) is 3.64. The van der Waals surface area contributed by atoms with Crippen molar-refractivity contribution >= 4 is 10.0 Å². The Labute approximate surface area is 108 Å². The Morgan fingerprint density at radius 1 is 1.47 bits per heavy atom. The Balaban J connectivity index is 2.17. The molecule has 0 spiro atoms. The van der Waals surface area contributed by atoms with Gasteiger partial charge in [-0.25, -0.2) is 17.5 Å². The van der Waals surface area contributed by atoms with Crippen molar-refractivity contribution in [1.29, 1.82) is 0 Å². The molecule has 0 aliphatic rings. The Hall–Kier alpha value is -2.07. The highest BCUT2D eigenvalue weighted by atomic mass is 32.2. The number of sulfonamides is 1. The van der Waals surface area contributed by atoms with E-state index >= 15 is 0 Å². The zero-order valence-corrected chi connectivity index (χ0v) is 10.6. The molecule has 19 heavy (non-hydrogen) atoms. The number of hydrogen-bond acceptors (Lipinski definition) is 6. The minimum atomic E-state index is -3.85. The maximum absolute atomic E-state index is 13.4. The maximum Gasteiger partial charge on any atom is 0.241 e. The van der Waals surface area contributed by atoms with Gasteiger partial charge in [-0.1, -0.05) is 5.21 Å². The number of halogens is 1. The fourth-order valence-electron chi connectivity index (χ4n) is 1.31. The van der Waals surface area contributed by atoms with Gasteiger partial charge in [0.15, 0.2) is 17.4 Å². The second-order valence-electron chi connectivity index (χ2n) is 3.45. The summed E-state index contributed by atoms with van der Waals surface area (Å²) in [6.45, 7) is -0.146. The lowest BCUT2D eigenvalue weighted by Crippen LogP contribution is -2.24. The second-order valence-corrected chi connectivity index (χ2v) is 5.22. The summed E-state index contributed by atoms with van der Waals surface area (Å²) in [6.07, 6.45) is 0. The van der Waals surface area contributed by atoms with Gasteiger partial charge in [0.2, 0.25) is 10.0 Å². The molecule has 1 aromatic heterocycles. The summed E-state index contributed by atoms with van der Waals surface area (Å²) in [5.74, 6) is -0.611. The van der Waals surface area contributed by atoms with Gasteiger partial charge in [-0.05, 0) is 18.2 Å². The van der Waals surface area contributed by atoms with Gasteiger partial charge in [0, 0.05) is 0 Å². The topological polar surface area (TPSA) is 110 Å². The average Bonchev–Trinajstić information content (AvgIpc) is 2.89. The van der Waals surface area contributed by atoms with Gasteiger partial charge in [0.05, 0.1) is 18.6 Å². The Bertz CT molecular complexity index is 658. The largest absolute Gasteiger partial charge is 0.494 e. The van der Waals surface area contributed by atoms with Gasteiger partial charge >= 0.3 is 0 Å². The first kappa shape index (κ1) is 13.4. The van der Waals surface area contributed by atoms with Gasteiger partial charge < -0.3 is 4.74 Å². The number of tetrazole rings is 1. The van der Waals surface area contributed by atoms with Crippen LogP contribution in [0.4, 0.5) is 4.39 Å². The molecule has 2 N–H and O–H groups in total. The molecule has 2 rings (SSSR count). The highest BCUT2D eigenvalue weighted by molar-refractivity contribution is 7.89. The number of methoxy groups -OCH3 is 1. The first-order valence-corrected chi connectivity index (χ1v) is 6.57. The number of aromatic amines is 1. The summed E-state index contributed by atoms with van der Waals surface area (Å²) in [5.41, 5.74) is 0. The molecular weight excluding hydrogens is 277 g/mol. The van der Waals surface area contributed by atoms with E-state index in [1.165, 1.54) is 19.2 Å². The fourth-order valence-corrected chi connectivity index (χ4v) is 2.31. The molecule has 8 nitrogen and oxygen atoms in total. The summed E-state index contributed by atoms with van der Waals surface area (Å²) in [7, 11) is -2.56. The molecule has 0 radical (unpaired) electrons. The van der Waals surface area contributed by atoms with Crippen molar-refractivity contribution in [3.05, 3.63) is 29.8 Å². The van der Waals surface area contributed by atoms with Crippen LogP contribution in [0.25, 0.3) is 0 Å². The highest BCUT2D eigenvalue weighted by Crippen LogP contribution is 2.20. The van der Waals surface area contributed by atoms with Crippen LogP contribution >= 0.6 is 0 Å². The van der Waals surface area contributed by atoms with Gasteiger partial charge in [-0.15, -0.1) is 10.2 Å². The lowest BCUT2D eigenvalue weighted by atomic mass is 10.3. The van der Waals surface area contributed by atoms with Crippen LogP contribution < -0.4 is 9.46 Å². The number of rotatable bonds is 5. The van der Waals surface area contributed by atoms with Crippen molar-refractivity contribution in [2.75, 3.05) is 7.11 Å². The molecule has 1 aromatic carbocycles. The summed E-state index contributed by atoms with van der Waals surface area (Å²) >= 11 is 0. The van der Waals surface area contributed by atoms with E-state index in [1.54, 1.807) is 0 Å². The first-order chi connectivity index (χ1) is 9.03. The van der Waals surface area contributed by atoms with Crippen LogP contribution in [0.2, 0.25) is 0 Å². The monoisotopic (exact) mass is 287 g/mol. The Morgan fingerprint density at radius 2 is 2.26 bits per heavy atom. The zero-order valence-electron chi connectivity index (χ0n) is 9.79. The Morgan fingerprint density at radius 3 is 2.84 bits per heavy atom. The highest BCUT2D eigenvalue weighted by Gasteiger charge is 2.17. The quantitative estimate of drug-likeness (QED) is 0.789. The van der Waals surface area contributed by atoms with Crippen LogP contribution in [0.15, 0.2) is 23.1 Å². The third kappa shape index (κ3) is 3.03. The van der Waals surface area contributed by atoms with Crippen LogP contribution in [-0.4, -0.2) is 36.2 Å². The molecule has 0 amide bonds. The lowest BCUT2D eigenvalue weighted by Gasteiger charge is -2.06.